The fourth-order valence-corrected chi connectivity index (χ4v) is 5.08. The van der Waals surface area contributed by atoms with Crippen molar-refractivity contribution in [3.8, 4) is 23.1 Å². The van der Waals surface area contributed by atoms with E-state index in [1.807, 2.05) is 11.8 Å². The van der Waals surface area contributed by atoms with Crippen LogP contribution in [0, 0.1) is 18.3 Å². The number of nitrogens with one attached hydrogen (secondary N) is 1. The molecule has 1 N–H and O–H groups in total. The minimum atomic E-state index is -0.216. The molecule has 1 atom stereocenters. The molecule has 3 aromatic rings. The van der Waals surface area contributed by atoms with Gasteiger partial charge in [0.2, 0.25) is 0 Å². The maximum absolute atomic E-state index is 13.2. The Hall–Kier alpha value is -3.70. The Kier molecular flexibility index (Phi) is 6.03. The van der Waals surface area contributed by atoms with E-state index in [0.717, 1.165) is 44.6 Å². The highest BCUT2D eigenvalue weighted by Gasteiger charge is 2.31. The van der Waals surface area contributed by atoms with Gasteiger partial charge < -0.3 is 9.80 Å². The van der Waals surface area contributed by atoms with Crippen LogP contribution in [-0.2, 0) is 0 Å². The SMILES string of the molecule is Cc1cc(C#N)ccc1-n1[nH]c(-c2ccc(C(=O)N3CCC[C@@H]3CN3CCCC3)cn2)cc1=O. The van der Waals surface area contributed by atoms with Gasteiger partial charge in [-0.2, -0.15) is 5.26 Å². The summed E-state index contributed by atoms with van der Waals surface area (Å²) in [7, 11) is 0. The molecule has 0 unspecified atom stereocenters. The van der Waals surface area contributed by atoms with Crippen LogP contribution in [0.4, 0.5) is 0 Å². The largest absolute Gasteiger partial charge is 0.334 e. The van der Waals surface area contributed by atoms with Crippen LogP contribution < -0.4 is 5.56 Å². The van der Waals surface area contributed by atoms with Crippen molar-refractivity contribution in [2.24, 2.45) is 0 Å². The molecule has 0 radical (unpaired) electrons. The van der Waals surface area contributed by atoms with E-state index < -0.39 is 0 Å². The Morgan fingerprint density at radius 1 is 1.15 bits per heavy atom. The number of benzene rings is 1. The molecule has 174 valence electrons. The van der Waals surface area contributed by atoms with E-state index in [-0.39, 0.29) is 17.5 Å². The highest BCUT2D eigenvalue weighted by molar-refractivity contribution is 5.94. The summed E-state index contributed by atoms with van der Waals surface area (Å²) in [5.41, 5.74) is 3.56. The van der Waals surface area contributed by atoms with E-state index in [1.165, 1.54) is 23.6 Å². The summed E-state index contributed by atoms with van der Waals surface area (Å²) in [6, 6.07) is 12.6. The minimum absolute atomic E-state index is 0.0278. The number of hydrogen-bond donors (Lipinski definition) is 1. The van der Waals surface area contributed by atoms with Crippen LogP contribution in [0.5, 0.6) is 0 Å². The number of carbonyl (C=O) groups is 1. The van der Waals surface area contributed by atoms with Crippen molar-refractivity contribution in [3.05, 3.63) is 69.6 Å². The predicted molar refractivity (Wildman–Crippen MR) is 129 cm³/mol. The van der Waals surface area contributed by atoms with Gasteiger partial charge in [-0.3, -0.25) is 19.7 Å². The smallest absolute Gasteiger partial charge is 0.271 e. The third-order valence-corrected chi connectivity index (χ3v) is 6.88. The number of aromatic amines is 1. The van der Waals surface area contributed by atoms with Crippen molar-refractivity contribution in [2.75, 3.05) is 26.2 Å². The highest BCUT2D eigenvalue weighted by atomic mass is 16.2. The lowest BCUT2D eigenvalue weighted by molar-refractivity contribution is 0.0708. The summed E-state index contributed by atoms with van der Waals surface area (Å²) in [5, 5.41) is 12.2. The Morgan fingerprint density at radius 3 is 2.68 bits per heavy atom. The van der Waals surface area contributed by atoms with Crippen LogP contribution in [0.3, 0.4) is 0 Å². The molecule has 2 aliphatic heterocycles. The molecule has 8 heteroatoms. The Bertz CT molecular complexity index is 1290. The summed E-state index contributed by atoms with van der Waals surface area (Å²) in [6.07, 6.45) is 6.20. The van der Waals surface area contributed by atoms with Crippen LogP contribution in [0.15, 0.2) is 47.4 Å². The lowest BCUT2D eigenvalue weighted by Crippen LogP contribution is -2.42. The molecule has 0 saturated carbocycles. The lowest BCUT2D eigenvalue weighted by Gasteiger charge is -2.28. The van der Waals surface area contributed by atoms with Gasteiger partial charge in [-0.15, -0.1) is 0 Å². The zero-order chi connectivity index (χ0) is 23.7. The van der Waals surface area contributed by atoms with Crippen LogP contribution in [0.25, 0.3) is 17.1 Å². The van der Waals surface area contributed by atoms with Gasteiger partial charge in [0.25, 0.3) is 11.5 Å². The number of carbonyl (C=O) groups excluding carboxylic acids is 1. The van der Waals surface area contributed by atoms with Crippen molar-refractivity contribution >= 4 is 5.91 Å². The molecule has 34 heavy (non-hydrogen) atoms. The molecule has 0 spiro atoms. The molecule has 2 fully saturated rings. The van der Waals surface area contributed by atoms with Gasteiger partial charge in [-0.1, -0.05) is 0 Å². The third-order valence-electron chi connectivity index (χ3n) is 6.88. The fraction of sp³-hybridized carbons (Fsp3) is 0.385. The topological polar surface area (TPSA) is 98.0 Å². The van der Waals surface area contributed by atoms with Gasteiger partial charge in [0.1, 0.15) is 0 Å². The first-order chi connectivity index (χ1) is 16.5. The molecule has 8 nitrogen and oxygen atoms in total. The average Bonchev–Trinajstić information content (AvgIpc) is 3.61. The van der Waals surface area contributed by atoms with Crippen molar-refractivity contribution < 1.29 is 4.79 Å². The summed E-state index contributed by atoms with van der Waals surface area (Å²) >= 11 is 0. The number of pyridine rings is 1. The average molecular weight is 457 g/mol. The van der Waals surface area contributed by atoms with E-state index in [1.54, 1.807) is 36.5 Å². The number of aromatic nitrogens is 3. The molecule has 2 aliphatic rings. The second-order valence-electron chi connectivity index (χ2n) is 9.19. The van der Waals surface area contributed by atoms with Gasteiger partial charge in [-0.05, 0) is 81.6 Å². The first kappa shape index (κ1) is 22.1. The first-order valence-electron chi connectivity index (χ1n) is 11.9. The van der Waals surface area contributed by atoms with Gasteiger partial charge >= 0.3 is 0 Å². The summed E-state index contributed by atoms with van der Waals surface area (Å²) < 4.78 is 1.44. The maximum Gasteiger partial charge on any atom is 0.271 e. The van der Waals surface area contributed by atoms with Crippen LogP contribution >= 0.6 is 0 Å². The number of nitrogens with zero attached hydrogens (tertiary/aromatic N) is 5. The van der Waals surface area contributed by atoms with Crippen LogP contribution in [0.1, 0.15) is 47.2 Å². The Labute approximate surface area is 198 Å². The maximum atomic E-state index is 13.2. The summed E-state index contributed by atoms with van der Waals surface area (Å²) in [6.45, 7) is 5.88. The zero-order valence-electron chi connectivity index (χ0n) is 19.3. The quantitative estimate of drug-likeness (QED) is 0.636. The van der Waals surface area contributed by atoms with Crippen molar-refractivity contribution in [1.29, 1.82) is 5.26 Å². The predicted octanol–water partition coefficient (Wildman–Crippen LogP) is 3.11. The number of H-pyrrole nitrogens is 1. The summed E-state index contributed by atoms with van der Waals surface area (Å²) in [5.74, 6) is 0.0278. The van der Waals surface area contributed by atoms with Gasteiger partial charge in [-0.25, -0.2) is 4.68 Å². The molecule has 2 saturated heterocycles. The lowest BCUT2D eigenvalue weighted by atomic mass is 10.1. The molecule has 1 aromatic carbocycles. The molecule has 0 bridgehead atoms. The number of nitriles is 1. The third kappa shape index (κ3) is 4.27. The van der Waals surface area contributed by atoms with E-state index in [0.29, 0.717) is 28.2 Å². The van der Waals surface area contributed by atoms with Crippen molar-refractivity contribution in [1.82, 2.24) is 24.6 Å². The number of rotatable bonds is 5. The van der Waals surface area contributed by atoms with E-state index in [4.69, 9.17) is 5.26 Å². The summed E-state index contributed by atoms with van der Waals surface area (Å²) in [4.78, 5) is 34.8. The van der Waals surface area contributed by atoms with Gasteiger partial charge in [0.15, 0.2) is 0 Å². The van der Waals surface area contributed by atoms with Gasteiger partial charge in [0, 0.05) is 31.4 Å². The highest BCUT2D eigenvalue weighted by Crippen LogP contribution is 2.23. The monoisotopic (exact) mass is 456 g/mol. The van der Waals surface area contributed by atoms with Crippen molar-refractivity contribution in [3.63, 3.8) is 0 Å². The number of likely N-dealkylation sites (tertiary alicyclic amines) is 2. The van der Waals surface area contributed by atoms with E-state index in [9.17, 15) is 9.59 Å². The second kappa shape index (κ2) is 9.27. The normalized spacial score (nSPS) is 18.4. The van der Waals surface area contributed by atoms with Crippen LogP contribution in [-0.4, -0.2) is 62.7 Å². The fourth-order valence-electron chi connectivity index (χ4n) is 5.08. The number of aryl methyl sites for hydroxylation is 1. The zero-order valence-corrected chi connectivity index (χ0v) is 19.3. The number of hydrogen-bond acceptors (Lipinski definition) is 5. The first-order valence-corrected chi connectivity index (χ1v) is 11.9. The molecule has 0 aliphatic carbocycles. The minimum Gasteiger partial charge on any atom is -0.334 e. The molecular weight excluding hydrogens is 428 g/mol. The standard InChI is InChI=1S/C26H28N6O2/c1-18-13-19(15-27)6-9-24(18)32-25(33)14-23(29-32)22-8-7-20(16-28-22)26(34)31-12-4-5-21(31)17-30-10-2-3-11-30/h6-9,13-14,16,21,29H,2-5,10-12,17H2,1H3/t21-/m1/s1. The van der Waals surface area contributed by atoms with E-state index in [2.05, 4.69) is 21.1 Å². The van der Waals surface area contributed by atoms with Crippen LogP contribution in [0.2, 0.25) is 0 Å². The molecule has 5 rings (SSSR count). The number of amides is 1. The second-order valence-corrected chi connectivity index (χ2v) is 9.19. The molecule has 1 amide bonds. The Morgan fingerprint density at radius 2 is 1.97 bits per heavy atom. The molecule has 2 aromatic heterocycles. The van der Waals surface area contributed by atoms with Crippen molar-refractivity contribution in [2.45, 2.75) is 38.6 Å². The van der Waals surface area contributed by atoms with E-state index >= 15 is 0 Å². The Balaban J connectivity index is 1.33. The van der Waals surface area contributed by atoms with Gasteiger partial charge in [0.05, 0.1) is 34.3 Å². The molecular formula is C26H28N6O2. The molecule has 4 heterocycles.